The van der Waals surface area contributed by atoms with Crippen LogP contribution < -0.4 is 4.74 Å². The van der Waals surface area contributed by atoms with Crippen LogP contribution >= 0.6 is 0 Å². The lowest BCUT2D eigenvalue weighted by atomic mass is 10.0. The number of sulfonamides is 1. The number of carbonyl (C=O) groups is 2. The van der Waals surface area contributed by atoms with Gasteiger partial charge in [-0.3, -0.25) is 9.59 Å². The topological polar surface area (TPSA) is 84.0 Å². The molecule has 0 aliphatic heterocycles. The van der Waals surface area contributed by atoms with Crippen LogP contribution in [0, 0.1) is 13.8 Å². The molecule has 0 radical (unpaired) electrons. The van der Waals surface area contributed by atoms with Gasteiger partial charge in [-0.15, -0.1) is 0 Å². The second kappa shape index (κ2) is 13.0. The molecule has 0 bridgehead atoms. The van der Waals surface area contributed by atoms with Crippen LogP contribution in [0.25, 0.3) is 0 Å². The van der Waals surface area contributed by atoms with Gasteiger partial charge in [0.25, 0.3) is 0 Å². The molecule has 0 atom stereocenters. The fraction of sp³-hybridized carbons (Fsp3) is 0.481. The Morgan fingerprint density at radius 3 is 2.03 bits per heavy atom. The molecule has 0 fully saturated rings. The fourth-order valence-corrected chi connectivity index (χ4v) is 5.55. The van der Waals surface area contributed by atoms with Gasteiger partial charge in [-0.2, -0.15) is 0 Å². The molecule has 0 aromatic heterocycles. The number of benzene rings is 2. The Morgan fingerprint density at radius 1 is 0.886 bits per heavy atom. The molecular formula is C27H38N2O5S. The molecule has 2 rings (SSSR count). The Bertz CT molecular complexity index is 1100. The van der Waals surface area contributed by atoms with Crippen molar-refractivity contribution in [1.29, 1.82) is 0 Å². The van der Waals surface area contributed by atoms with E-state index in [4.69, 9.17) is 4.74 Å². The number of hydrogen-bond acceptors (Lipinski definition) is 6. The summed E-state index contributed by atoms with van der Waals surface area (Å²) in [7, 11) is 3.32. The summed E-state index contributed by atoms with van der Waals surface area (Å²) in [6.45, 7) is 4.53. The zero-order valence-electron chi connectivity index (χ0n) is 21.8. The molecule has 2 aromatic rings. The second-order valence-electron chi connectivity index (χ2n) is 9.26. The highest BCUT2D eigenvalue weighted by molar-refractivity contribution is 7.89. The van der Waals surface area contributed by atoms with Crippen LogP contribution in [0.5, 0.6) is 5.75 Å². The molecule has 0 N–H and O–H groups in total. The van der Waals surface area contributed by atoms with E-state index in [2.05, 4.69) is 4.90 Å². The maximum absolute atomic E-state index is 13.1. The van der Waals surface area contributed by atoms with E-state index in [1.54, 1.807) is 57.4 Å². The first kappa shape index (κ1) is 28.7. The number of carbonyl (C=O) groups excluding carboxylic acids is 2. The van der Waals surface area contributed by atoms with Gasteiger partial charge in [0.2, 0.25) is 10.0 Å². The third-order valence-corrected chi connectivity index (χ3v) is 8.14. The lowest BCUT2D eigenvalue weighted by Crippen LogP contribution is -2.30. The van der Waals surface area contributed by atoms with Crippen molar-refractivity contribution < 1.29 is 22.7 Å². The Balaban J connectivity index is 1.91. The van der Waals surface area contributed by atoms with Crippen LogP contribution in [0.4, 0.5) is 0 Å². The van der Waals surface area contributed by atoms with Gasteiger partial charge >= 0.3 is 0 Å². The van der Waals surface area contributed by atoms with Gasteiger partial charge < -0.3 is 9.64 Å². The van der Waals surface area contributed by atoms with E-state index in [9.17, 15) is 18.0 Å². The first-order valence-corrected chi connectivity index (χ1v) is 13.3. The standard InChI is InChI=1S/C27H38N2O5S/c1-20-17-25(34-6)18-21(2)27(20)35(32,33)29(5)16-14-24(30)19-22-10-12-23(13-11-22)26(31)9-7-8-15-28(3)4/h10-13,17-18H,7-9,14-16,19H2,1-6H3. The average Bonchev–Trinajstić information content (AvgIpc) is 2.79. The summed E-state index contributed by atoms with van der Waals surface area (Å²) in [5, 5.41) is 0. The van der Waals surface area contributed by atoms with Crippen molar-refractivity contribution in [3.63, 3.8) is 0 Å². The highest BCUT2D eigenvalue weighted by Crippen LogP contribution is 2.27. The molecule has 7 nitrogen and oxygen atoms in total. The highest BCUT2D eigenvalue weighted by Gasteiger charge is 2.25. The first-order chi connectivity index (χ1) is 16.4. The van der Waals surface area contributed by atoms with Crippen molar-refractivity contribution in [3.8, 4) is 5.75 Å². The average molecular weight is 503 g/mol. The maximum atomic E-state index is 13.1. The zero-order chi connectivity index (χ0) is 26.2. The van der Waals surface area contributed by atoms with Crippen LogP contribution in [0.3, 0.4) is 0 Å². The lowest BCUT2D eigenvalue weighted by molar-refractivity contribution is -0.118. The lowest BCUT2D eigenvalue weighted by Gasteiger charge is -2.20. The van der Waals surface area contributed by atoms with Crippen molar-refractivity contribution in [3.05, 3.63) is 58.7 Å². The highest BCUT2D eigenvalue weighted by atomic mass is 32.2. The molecule has 0 aliphatic carbocycles. The van der Waals surface area contributed by atoms with Gasteiger partial charge in [-0.25, -0.2) is 12.7 Å². The van der Waals surface area contributed by atoms with E-state index < -0.39 is 10.0 Å². The molecule has 192 valence electrons. The van der Waals surface area contributed by atoms with E-state index in [-0.39, 0.29) is 35.8 Å². The van der Waals surface area contributed by atoms with E-state index >= 15 is 0 Å². The summed E-state index contributed by atoms with van der Waals surface area (Å²) in [4.78, 5) is 27.2. The zero-order valence-corrected chi connectivity index (χ0v) is 22.6. The van der Waals surface area contributed by atoms with Gasteiger partial charge in [-0.1, -0.05) is 24.3 Å². The van der Waals surface area contributed by atoms with Gasteiger partial charge in [0.15, 0.2) is 5.78 Å². The van der Waals surface area contributed by atoms with Crippen LogP contribution in [0.1, 0.15) is 52.7 Å². The predicted molar refractivity (Wildman–Crippen MR) is 139 cm³/mol. The van der Waals surface area contributed by atoms with Crippen molar-refractivity contribution in [1.82, 2.24) is 9.21 Å². The van der Waals surface area contributed by atoms with Crippen LogP contribution in [-0.4, -0.2) is 70.5 Å². The van der Waals surface area contributed by atoms with Crippen LogP contribution in [-0.2, 0) is 21.2 Å². The molecule has 0 heterocycles. The van der Waals surface area contributed by atoms with E-state index in [0.717, 1.165) is 24.9 Å². The number of aryl methyl sites for hydroxylation is 2. The number of methoxy groups -OCH3 is 1. The van der Waals surface area contributed by atoms with Gasteiger partial charge in [0, 0.05) is 38.4 Å². The summed E-state index contributed by atoms with van der Waals surface area (Å²) in [6, 6.07) is 10.5. The maximum Gasteiger partial charge on any atom is 0.243 e. The Labute approximate surface area is 210 Å². The third kappa shape index (κ3) is 8.26. The molecule has 0 saturated carbocycles. The minimum atomic E-state index is -3.74. The number of ketones is 2. The number of unbranched alkanes of at least 4 members (excludes halogenated alkanes) is 1. The van der Waals surface area contributed by atoms with Crippen molar-refractivity contribution in [2.45, 2.75) is 50.8 Å². The Hall–Kier alpha value is -2.55. The second-order valence-corrected chi connectivity index (χ2v) is 11.2. The number of Topliss-reactive ketones (excluding diaryl/α,β-unsaturated/α-hetero) is 2. The number of ether oxygens (including phenoxy) is 1. The van der Waals surface area contributed by atoms with Crippen molar-refractivity contribution in [2.24, 2.45) is 0 Å². The number of nitrogens with zero attached hydrogens (tertiary/aromatic N) is 2. The first-order valence-electron chi connectivity index (χ1n) is 11.9. The van der Waals surface area contributed by atoms with Gasteiger partial charge in [0.05, 0.1) is 12.0 Å². The normalized spacial score (nSPS) is 11.8. The number of hydrogen-bond donors (Lipinski definition) is 0. The van der Waals surface area contributed by atoms with Gasteiger partial charge in [-0.05, 0) is 76.2 Å². The molecule has 0 spiro atoms. The van der Waals surface area contributed by atoms with Crippen LogP contribution in [0.2, 0.25) is 0 Å². The Morgan fingerprint density at radius 2 is 1.49 bits per heavy atom. The van der Waals surface area contributed by atoms with Gasteiger partial charge in [0.1, 0.15) is 11.5 Å². The Kier molecular flexibility index (Phi) is 10.6. The van der Waals surface area contributed by atoms with E-state index in [1.165, 1.54) is 11.4 Å². The smallest absolute Gasteiger partial charge is 0.243 e. The van der Waals surface area contributed by atoms with E-state index in [1.807, 2.05) is 14.1 Å². The minimum Gasteiger partial charge on any atom is -0.497 e. The van der Waals surface area contributed by atoms with Crippen molar-refractivity contribution >= 4 is 21.6 Å². The van der Waals surface area contributed by atoms with E-state index in [0.29, 0.717) is 28.9 Å². The third-order valence-electron chi connectivity index (χ3n) is 5.98. The summed E-state index contributed by atoms with van der Waals surface area (Å²) in [5.41, 5.74) is 2.67. The largest absolute Gasteiger partial charge is 0.497 e. The fourth-order valence-electron chi connectivity index (χ4n) is 3.98. The molecular weight excluding hydrogens is 464 g/mol. The SMILES string of the molecule is COc1cc(C)c(S(=O)(=O)N(C)CCC(=O)Cc2ccc(C(=O)CCCCN(C)C)cc2)c(C)c1. The summed E-state index contributed by atoms with van der Waals surface area (Å²) >= 11 is 0. The molecule has 0 aliphatic rings. The molecule has 0 amide bonds. The molecule has 8 heteroatoms. The summed E-state index contributed by atoms with van der Waals surface area (Å²) in [6.07, 6.45) is 2.65. The molecule has 2 aromatic carbocycles. The monoisotopic (exact) mass is 502 g/mol. The quantitative estimate of drug-likeness (QED) is 0.286. The van der Waals surface area contributed by atoms with Crippen LogP contribution in [0.15, 0.2) is 41.3 Å². The molecule has 0 unspecified atom stereocenters. The van der Waals surface area contributed by atoms with Crippen molar-refractivity contribution in [2.75, 3.05) is 41.3 Å². The minimum absolute atomic E-state index is 0.0574. The summed E-state index contributed by atoms with van der Waals surface area (Å²) in [5.74, 6) is 0.657. The summed E-state index contributed by atoms with van der Waals surface area (Å²) < 4.78 is 32.7. The number of rotatable bonds is 14. The predicted octanol–water partition coefficient (Wildman–Crippen LogP) is 4.05. The molecule has 35 heavy (non-hydrogen) atoms. The molecule has 0 saturated heterocycles.